The second kappa shape index (κ2) is 8.98. The van der Waals surface area contributed by atoms with Gasteiger partial charge in [-0.15, -0.1) is 0 Å². The van der Waals surface area contributed by atoms with E-state index in [1.54, 1.807) is 12.1 Å². The summed E-state index contributed by atoms with van der Waals surface area (Å²) < 4.78 is 49.2. The molecule has 1 atom stereocenters. The van der Waals surface area contributed by atoms with Crippen LogP contribution in [0.3, 0.4) is 0 Å². The number of rotatable bonds is 4. The molecule has 0 bridgehead atoms. The van der Waals surface area contributed by atoms with Crippen molar-refractivity contribution in [1.29, 1.82) is 0 Å². The third-order valence-corrected chi connectivity index (χ3v) is 7.04. The first-order valence-electron chi connectivity index (χ1n) is 11.3. The number of methoxy groups -OCH3 is 1. The van der Waals surface area contributed by atoms with Crippen LogP contribution in [0.1, 0.15) is 29.5 Å². The summed E-state index contributed by atoms with van der Waals surface area (Å²) in [5.41, 5.74) is 1.08. The SMILES string of the molecule is COc1cc(Br)cc(-c2nn(-c3cc(N4CCC(O)C4)ccc3C(F)(F)F)c(=O)c3c2CCC3)c1. The Bertz CT molecular complexity index is 1360. The van der Waals surface area contributed by atoms with Crippen molar-refractivity contribution < 1.29 is 23.0 Å². The van der Waals surface area contributed by atoms with Gasteiger partial charge < -0.3 is 14.7 Å². The highest BCUT2D eigenvalue weighted by atomic mass is 79.9. The van der Waals surface area contributed by atoms with E-state index in [1.165, 1.54) is 19.2 Å². The van der Waals surface area contributed by atoms with Crippen molar-refractivity contribution in [2.75, 3.05) is 25.1 Å². The lowest BCUT2D eigenvalue weighted by molar-refractivity contribution is -0.137. The fourth-order valence-corrected chi connectivity index (χ4v) is 5.37. The lowest BCUT2D eigenvalue weighted by atomic mass is 10.0. The highest BCUT2D eigenvalue weighted by molar-refractivity contribution is 9.10. The molecule has 1 saturated heterocycles. The number of hydrogen-bond acceptors (Lipinski definition) is 5. The molecule has 0 spiro atoms. The first-order chi connectivity index (χ1) is 16.7. The van der Waals surface area contributed by atoms with Crippen molar-refractivity contribution in [1.82, 2.24) is 9.78 Å². The Kier molecular flexibility index (Phi) is 6.13. The van der Waals surface area contributed by atoms with E-state index in [1.807, 2.05) is 11.0 Å². The van der Waals surface area contributed by atoms with Crippen LogP contribution in [0.4, 0.5) is 18.9 Å². The van der Waals surface area contributed by atoms with Crippen LogP contribution >= 0.6 is 15.9 Å². The van der Waals surface area contributed by atoms with Crippen molar-refractivity contribution in [3.8, 4) is 22.7 Å². The molecular formula is C25H23BrF3N3O3. The summed E-state index contributed by atoms with van der Waals surface area (Å²) in [4.78, 5) is 15.3. The van der Waals surface area contributed by atoms with Crippen molar-refractivity contribution in [2.24, 2.45) is 0 Å². The van der Waals surface area contributed by atoms with E-state index in [9.17, 15) is 23.1 Å². The van der Waals surface area contributed by atoms with Gasteiger partial charge >= 0.3 is 6.18 Å². The third kappa shape index (κ3) is 4.45. The predicted molar refractivity (Wildman–Crippen MR) is 129 cm³/mol. The molecule has 1 N–H and O–H groups in total. The molecule has 2 aromatic carbocycles. The number of anilines is 1. The molecule has 5 rings (SSSR count). The largest absolute Gasteiger partial charge is 0.497 e. The highest BCUT2D eigenvalue weighted by Gasteiger charge is 2.36. The number of benzene rings is 2. The summed E-state index contributed by atoms with van der Waals surface area (Å²) >= 11 is 3.45. The summed E-state index contributed by atoms with van der Waals surface area (Å²) in [6.07, 6.45) is -2.86. The Morgan fingerprint density at radius 2 is 1.91 bits per heavy atom. The van der Waals surface area contributed by atoms with Gasteiger partial charge in [-0.1, -0.05) is 15.9 Å². The minimum absolute atomic E-state index is 0.320. The number of halogens is 4. The fraction of sp³-hybridized carbons (Fsp3) is 0.360. The van der Waals surface area contributed by atoms with E-state index in [0.29, 0.717) is 60.6 Å². The molecule has 0 saturated carbocycles. The quantitative estimate of drug-likeness (QED) is 0.508. The molecule has 1 aliphatic carbocycles. The van der Waals surface area contributed by atoms with Gasteiger partial charge in [-0.05, 0) is 67.6 Å². The van der Waals surface area contributed by atoms with Crippen molar-refractivity contribution >= 4 is 21.6 Å². The van der Waals surface area contributed by atoms with Gasteiger partial charge in [0.05, 0.1) is 30.2 Å². The molecule has 0 amide bonds. The molecule has 6 nitrogen and oxygen atoms in total. The number of fused-ring (bicyclic) bond motifs is 1. The standard InChI is InChI=1S/C25H23BrF3N3O3/c1-35-18-10-14(9-15(26)11-18)23-19-3-2-4-20(19)24(34)32(30-23)22-12-16(31-8-7-17(33)13-31)5-6-21(22)25(27,28)29/h5-6,9-12,17,33H,2-4,7-8,13H2,1H3. The molecule has 1 aromatic heterocycles. The minimum atomic E-state index is -4.68. The first-order valence-corrected chi connectivity index (χ1v) is 12.1. The van der Waals surface area contributed by atoms with Crippen LogP contribution in [-0.2, 0) is 19.0 Å². The zero-order chi connectivity index (χ0) is 24.9. The van der Waals surface area contributed by atoms with Crippen molar-refractivity contribution in [3.63, 3.8) is 0 Å². The Morgan fingerprint density at radius 3 is 2.60 bits per heavy atom. The first kappa shape index (κ1) is 23.9. The zero-order valence-corrected chi connectivity index (χ0v) is 20.5. The second-order valence-electron chi connectivity index (χ2n) is 8.84. The van der Waals surface area contributed by atoms with Crippen LogP contribution in [0.5, 0.6) is 5.75 Å². The summed E-state index contributed by atoms with van der Waals surface area (Å²) in [6.45, 7) is 0.835. The fourth-order valence-electron chi connectivity index (χ4n) is 4.90. The van der Waals surface area contributed by atoms with Gasteiger partial charge in [-0.2, -0.15) is 23.0 Å². The maximum Gasteiger partial charge on any atom is 0.418 e. The number of alkyl halides is 3. The summed E-state index contributed by atoms with van der Waals surface area (Å²) in [6, 6.07) is 9.05. The maximum atomic E-state index is 14.1. The number of aliphatic hydroxyl groups is 1. The van der Waals surface area contributed by atoms with Crippen LogP contribution in [-0.4, -0.2) is 41.2 Å². The molecule has 3 aromatic rings. The Labute approximate surface area is 208 Å². The van der Waals surface area contributed by atoms with E-state index in [2.05, 4.69) is 21.0 Å². The maximum absolute atomic E-state index is 14.1. The van der Waals surface area contributed by atoms with Crippen LogP contribution in [0.2, 0.25) is 0 Å². The van der Waals surface area contributed by atoms with Gasteiger partial charge in [0.1, 0.15) is 5.75 Å². The van der Waals surface area contributed by atoms with Gasteiger partial charge in [0.15, 0.2) is 0 Å². The average Bonchev–Trinajstić information content (AvgIpc) is 3.48. The molecule has 10 heteroatoms. The van der Waals surface area contributed by atoms with Crippen LogP contribution in [0.15, 0.2) is 45.7 Å². The minimum Gasteiger partial charge on any atom is -0.497 e. The summed E-state index contributed by atoms with van der Waals surface area (Å²) in [7, 11) is 1.53. The molecule has 35 heavy (non-hydrogen) atoms. The third-order valence-electron chi connectivity index (χ3n) is 6.58. The second-order valence-corrected chi connectivity index (χ2v) is 9.76. The average molecular weight is 550 g/mol. The van der Waals surface area contributed by atoms with Gasteiger partial charge in [0.25, 0.3) is 5.56 Å². The van der Waals surface area contributed by atoms with Gasteiger partial charge in [-0.3, -0.25) is 4.79 Å². The van der Waals surface area contributed by atoms with E-state index in [-0.39, 0.29) is 5.69 Å². The highest BCUT2D eigenvalue weighted by Crippen LogP contribution is 2.38. The van der Waals surface area contributed by atoms with E-state index in [4.69, 9.17) is 4.74 Å². The Morgan fingerprint density at radius 1 is 1.14 bits per heavy atom. The number of aliphatic hydroxyl groups excluding tert-OH is 1. The Balaban J connectivity index is 1.75. The molecule has 184 valence electrons. The number of nitrogens with zero attached hydrogens (tertiary/aromatic N) is 3. The van der Waals surface area contributed by atoms with E-state index in [0.717, 1.165) is 27.2 Å². The molecule has 0 radical (unpaired) electrons. The van der Waals surface area contributed by atoms with Crippen molar-refractivity contribution in [2.45, 2.75) is 38.0 Å². The number of β-amino-alcohol motifs (C(OH)–C–C–N with tert-alkyl or cyclic N) is 1. The summed E-state index contributed by atoms with van der Waals surface area (Å²) in [5, 5.41) is 14.4. The van der Waals surface area contributed by atoms with E-state index >= 15 is 0 Å². The summed E-state index contributed by atoms with van der Waals surface area (Å²) in [5.74, 6) is 0.561. The zero-order valence-electron chi connectivity index (χ0n) is 18.9. The van der Waals surface area contributed by atoms with E-state index < -0.39 is 23.4 Å². The smallest absolute Gasteiger partial charge is 0.418 e. The number of ether oxygens (including phenoxy) is 1. The molecular weight excluding hydrogens is 527 g/mol. The predicted octanol–water partition coefficient (Wildman–Crippen LogP) is 4.75. The lowest BCUT2D eigenvalue weighted by Gasteiger charge is -2.22. The monoisotopic (exact) mass is 549 g/mol. The normalized spacial score (nSPS) is 17.7. The van der Waals surface area contributed by atoms with Crippen LogP contribution in [0, 0.1) is 0 Å². The van der Waals surface area contributed by atoms with Crippen molar-refractivity contribution in [3.05, 3.63) is 67.9 Å². The lowest BCUT2D eigenvalue weighted by Crippen LogP contribution is -2.29. The molecule has 1 unspecified atom stereocenters. The van der Waals surface area contributed by atoms with Gasteiger partial charge in [-0.25, -0.2) is 0 Å². The topological polar surface area (TPSA) is 67.6 Å². The van der Waals surface area contributed by atoms with Gasteiger partial charge in [0, 0.05) is 34.4 Å². The molecule has 2 heterocycles. The van der Waals surface area contributed by atoms with Gasteiger partial charge in [0.2, 0.25) is 0 Å². The number of hydrogen-bond donors (Lipinski definition) is 1. The molecule has 1 aliphatic heterocycles. The molecule has 2 aliphatic rings. The van der Waals surface area contributed by atoms with Crippen LogP contribution in [0.25, 0.3) is 16.9 Å². The Hall–Kier alpha value is -2.85. The van der Waals surface area contributed by atoms with Crippen LogP contribution < -0.4 is 15.2 Å². The molecule has 1 fully saturated rings. The number of aromatic nitrogens is 2.